The third kappa shape index (κ3) is 3.08. The predicted octanol–water partition coefficient (Wildman–Crippen LogP) is 1.54. The highest BCUT2D eigenvalue weighted by Crippen LogP contribution is 2.21. The highest BCUT2D eigenvalue weighted by atomic mass is 32.2. The first-order valence-corrected chi connectivity index (χ1v) is 7.94. The monoisotopic (exact) mass is 295 g/mol. The Kier molecular flexibility index (Phi) is 4.25. The standard InChI is InChI=1S/C14H17NO4S/c1-11-6-2-3-7-12(11)10-20(18,19)15-9-5-4-8-13(15)14(16)17/h2-7,13H,8-10H2,1H3,(H,16,17). The lowest BCUT2D eigenvalue weighted by atomic mass is 10.1. The molecule has 20 heavy (non-hydrogen) atoms. The summed E-state index contributed by atoms with van der Waals surface area (Å²) in [6.45, 7) is 1.96. The Morgan fingerprint density at radius 1 is 1.35 bits per heavy atom. The second-order valence-corrected chi connectivity index (χ2v) is 6.74. The van der Waals surface area contributed by atoms with E-state index >= 15 is 0 Å². The van der Waals surface area contributed by atoms with Crippen molar-refractivity contribution in [3.05, 3.63) is 47.5 Å². The van der Waals surface area contributed by atoms with Gasteiger partial charge in [0.25, 0.3) is 0 Å². The van der Waals surface area contributed by atoms with Crippen LogP contribution in [0.4, 0.5) is 0 Å². The molecule has 1 aromatic rings. The van der Waals surface area contributed by atoms with Gasteiger partial charge in [0.05, 0.1) is 5.75 Å². The lowest BCUT2D eigenvalue weighted by Gasteiger charge is -2.29. The molecule has 0 amide bonds. The summed E-state index contributed by atoms with van der Waals surface area (Å²) in [5.74, 6) is -1.28. The van der Waals surface area contributed by atoms with Crippen LogP contribution in [-0.2, 0) is 20.6 Å². The smallest absolute Gasteiger partial charge is 0.322 e. The van der Waals surface area contributed by atoms with E-state index in [1.165, 1.54) is 0 Å². The molecule has 5 nitrogen and oxygen atoms in total. The lowest BCUT2D eigenvalue weighted by molar-refractivity contribution is -0.141. The van der Waals surface area contributed by atoms with E-state index in [-0.39, 0.29) is 18.7 Å². The van der Waals surface area contributed by atoms with E-state index < -0.39 is 22.0 Å². The minimum Gasteiger partial charge on any atom is -0.480 e. The second kappa shape index (κ2) is 5.76. The quantitative estimate of drug-likeness (QED) is 0.855. The number of aryl methyl sites for hydroxylation is 1. The molecule has 0 aromatic heterocycles. The van der Waals surface area contributed by atoms with Gasteiger partial charge in [-0.15, -0.1) is 0 Å². The molecule has 1 unspecified atom stereocenters. The van der Waals surface area contributed by atoms with Crippen LogP contribution in [0.1, 0.15) is 17.5 Å². The SMILES string of the molecule is Cc1ccccc1CS(=O)(=O)N1CC=CCC1C(=O)O. The van der Waals surface area contributed by atoms with Gasteiger partial charge in [-0.05, 0) is 24.5 Å². The largest absolute Gasteiger partial charge is 0.480 e. The average Bonchev–Trinajstić information content (AvgIpc) is 2.41. The second-order valence-electron chi connectivity index (χ2n) is 4.81. The molecule has 108 valence electrons. The van der Waals surface area contributed by atoms with Gasteiger partial charge in [-0.3, -0.25) is 4.79 Å². The zero-order chi connectivity index (χ0) is 14.8. The van der Waals surface area contributed by atoms with E-state index in [1.807, 2.05) is 19.1 Å². The molecule has 1 heterocycles. The van der Waals surface area contributed by atoms with Gasteiger partial charge in [-0.2, -0.15) is 4.31 Å². The molecule has 1 aliphatic rings. The van der Waals surface area contributed by atoms with E-state index in [1.54, 1.807) is 24.3 Å². The van der Waals surface area contributed by atoms with E-state index in [9.17, 15) is 13.2 Å². The first kappa shape index (κ1) is 14.7. The molecule has 6 heteroatoms. The summed E-state index contributed by atoms with van der Waals surface area (Å²) in [5, 5.41) is 9.15. The van der Waals surface area contributed by atoms with Crippen molar-refractivity contribution in [2.75, 3.05) is 6.54 Å². The number of benzene rings is 1. The molecule has 0 radical (unpaired) electrons. The summed E-state index contributed by atoms with van der Waals surface area (Å²) in [4.78, 5) is 11.2. The summed E-state index contributed by atoms with van der Waals surface area (Å²) >= 11 is 0. The van der Waals surface area contributed by atoms with Crippen LogP contribution < -0.4 is 0 Å². The Morgan fingerprint density at radius 3 is 2.70 bits per heavy atom. The zero-order valence-corrected chi connectivity index (χ0v) is 12.0. The van der Waals surface area contributed by atoms with Crippen molar-refractivity contribution in [1.82, 2.24) is 4.31 Å². The number of hydrogen-bond donors (Lipinski definition) is 1. The van der Waals surface area contributed by atoms with Crippen LogP contribution >= 0.6 is 0 Å². The third-order valence-corrected chi connectivity index (χ3v) is 5.19. The van der Waals surface area contributed by atoms with Crippen LogP contribution in [0, 0.1) is 6.92 Å². The maximum Gasteiger partial charge on any atom is 0.322 e. The molecule has 1 N–H and O–H groups in total. The maximum atomic E-state index is 12.5. The Hall–Kier alpha value is -1.66. The van der Waals surface area contributed by atoms with Crippen LogP contribution in [-0.4, -0.2) is 36.4 Å². The van der Waals surface area contributed by atoms with Crippen molar-refractivity contribution in [3.8, 4) is 0 Å². The van der Waals surface area contributed by atoms with E-state index in [4.69, 9.17) is 5.11 Å². The number of carboxylic acid groups (broad SMARTS) is 1. The Bertz CT molecular complexity index is 636. The fourth-order valence-corrected chi connectivity index (χ4v) is 3.99. The molecule has 0 saturated carbocycles. The summed E-state index contributed by atoms with van der Waals surface area (Å²) in [5.41, 5.74) is 1.58. The molecule has 1 aromatic carbocycles. The number of carboxylic acids is 1. The van der Waals surface area contributed by atoms with Gasteiger partial charge in [0.15, 0.2) is 0 Å². The van der Waals surface area contributed by atoms with Crippen LogP contribution in [0.25, 0.3) is 0 Å². The highest BCUT2D eigenvalue weighted by Gasteiger charge is 2.35. The van der Waals surface area contributed by atoms with Gasteiger partial charge in [-0.25, -0.2) is 8.42 Å². The highest BCUT2D eigenvalue weighted by molar-refractivity contribution is 7.88. The van der Waals surface area contributed by atoms with E-state index in [0.29, 0.717) is 5.56 Å². The fourth-order valence-electron chi connectivity index (χ4n) is 2.23. The van der Waals surface area contributed by atoms with E-state index in [0.717, 1.165) is 9.87 Å². The van der Waals surface area contributed by atoms with Gasteiger partial charge in [0, 0.05) is 6.54 Å². The molecule has 0 aliphatic carbocycles. The third-order valence-electron chi connectivity index (χ3n) is 3.40. The van der Waals surface area contributed by atoms with Gasteiger partial charge in [0.2, 0.25) is 10.0 Å². The first-order chi connectivity index (χ1) is 9.42. The number of nitrogens with zero attached hydrogens (tertiary/aromatic N) is 1. The summed E-state index contributed by atoms with van der Waals surface area (Å²) < 4.78 is 26.0. The molecule has 2 rings (SSSR count). The fraction of sp³-hybridized carbons (Fsp3) is 0.357. The van der Waals surface area contributed by atoms with Crippen molar-refractivity contribution in [2.45, 2.75) is 25.1 Å². The number of sulfonamides is 1. The number of carbonyl (C=O) groups is 1. The molecule has 1 aliphatic heterocycles. The van der Waals surface area contributed by atoms with Gasteiger partial charge >= 0.3 is 5.97 Å². The van der Waals surface area contributed by atoms with Gasteiger partial charge in [0.1, 0.15) is 6.04 Å². The van der Waals surface area contributed by atoms with Crippen LogP contribution in [0.3, 0.4) is 0 Å². The molecular weight excluding hydrogens is 278 g/mol. The van der Waals surface area contributed by atoms with Crippen molar-refractivity contribution < 1.29 is 18.3 Å². The normalized spacial score (nSPS) is 19.9. The number of rotatable bonds is 4. The Balaban J connectivity index is 2.28. The first-order valence-electron chi connectivity index (χ1n) is 6.33. The van der Waals surface area contributed by atoms with Crippen molar-refractivity contribution in [3.63, 3.8) is 0 Å². The Labute approximate surface area is 118 Å². The van der Waals surface area contributed by atoms with Crippen molar-refractivity contribution in [2.24, 2.45) is 0 Å². The van der Waals surface area contributed by atoms with Crippen LogP contribution in [0.15, 0.2) is 36.4 Å². The average molecular weight is 295 g/mol. The van der Waals surface area contributed by atoms with Crippen LogP contribution in [0.5, 0.6) is 0 Å². The molecular formula is C14H17NO4S. The van der Waals surface area contributed by atoms with Gasteiger partial charge < -0.3 is 5.11 Å². The Morgan fingerprint density at radius 2 is 2.05 bits per heavy atom. The topological polar surface area (TPSA) is 74.7 Å². The summed E-state index contributed by atoms with van der Waals surface area (Å²) in [6.07, 6.45) is 3.61. The van der Waals surface area contributed by atoms with Crippen molar-refractivity contribution >= 4 is 16.0 Å². The minimum absolute atomic E-state index is 0.116. The molecule has 1 atom stereocenters. The van der Waals surface area contributed by atoms with Crippen molar-refractivity contribution in [1.29, 1.82) is 0 Å². The van der Waals surface area contributed by atoms with Crippen LogP contribution in [0.2, 0.25) is 0 Å². The lowest BCUT2D eigenvalue weighted by Crippen LogP contribution is -2.46. The van der Waals surface area contributed by atoms with E-state index in [2.05, 4.69) is 0 Å². The molecule has 0 saturated heterocycles. The molecule has 0 fully saturated rings. The predicted molar refractivity (Wildman–Crippen MR) is 75.7 cm³/mol. The maximum absolute atomic E-state index is 12.5. The number of hydrogen-bond acceptors (Lipinski definition) is 3. The molecule has 0 spiro atoms. The molecule has 0 bridgehead atoms. The minimum atomic E-state index is -3.65. The zero-order valence-electron chi connectivity index (χ0n) is 11.2. The summed E-state index contributed by atoms with van der Waals surface area (Å²) in [6, 6.07) is 6.21. The van der Waals surface area contributed by atoms with Gasteiger partial charge in [-0.1, -0.05) is 36.4 Å². The number of aliphatic carboxylic acids is 1. The summed E-state index contributed by atoms with van der Waals surface area (Å²) in [7, 11) is -3.65.